The van der Waals surface area contributed by atoms with Crippen LogP contribution in [0.1, 0.15) is 84.6 Å². The number of ether oxygens (including phenoxy) is 1. The first-order chi connectivity index (χ1) is 40.4. The van der Waals surface area contributed by atoms with E-state index in [0.717, 1.165) is 95.3 Å². The van der Waals surface area contributed by atoms with Gasteiger partial charge in [0.25, 0.3) is 0 Å². The molecular weight excluding hydrogens is 1020 g/mol. The molecule has 0 saturated heterocycles. The molecule has 10 aromatic carbocycles. The molecule has 0 fully saturated rings. The number of aromatic nitrogens is 2. The van der Waals surface area contributed by atoms with Crippen molar-refractivity contribution in [3.8, 4) is 73.0 Å². The Hall–Kier alpha value is -9.45. The monoisotopic (exact) mass is 1090 g/mol. The SMILES string of the molecule is Cc1cc(-n2c3ccccc3c3c(-c4ccc(C(C)(C)C)cc4)cc(Oc4cccc(N5CN(c6c(-c7ccc(C(C)(C)C)cc7)cccc6-c6cccc(-c7ccccc7)c6)c6ccccc65)c4)cc32)ncc1-c1ccc(C(C)(C)C)cc1. The Morgan fingerprint density at radius 2 is 0.905 bits per heavy atom. The summed E-state index contributed by atoms with van der Waals surface area (Å²) in [5.74, 6) is 2.34. The maximum absolute atomic E-state index is 7.21. The molecule has 0 saturated carbocycles. The van der Waals surface area contributed by atoms with E-state index in [1.165, 1.54) is 44.5 Å². The molecule has 12 aromatic rings. The van der Waals surface area contributed by atoms with Crippen molar-refractivity contribution in [3.63, 3.8) is 0 Å². The summed E-state index contributed by atoms with van der Waals surface area (Å²) in [7, 11) is 0. The van der Waals surface area contributed by atoms with Crippen molar-refractivity contribution in [3.05, 3.63) is 265 Å². The van der Waals surface area contributed by atoms with E-state index in [1.807, 2.05) is 6.20 Å². The van der Waals surface area contributed by atoms with Gasteiger partial charge in [-0.2, -0.15) is 0 Å². The van der Waals surface area contributed by atoms with Crippen LogP contribution in [0.3, 0.4) is 0 Å². The molecule has 0 atom stereocenters. The Kier molecular flexibility index (Phi) is 13.5. The highest BCUT2D eigenvalue weighted by Crippen LogP contribution is 2.51. The lowest BCUT2D eigenvalue weighted by Crippen LogP contribution is -2.25. The number of anilines is 4. The molecule has 84 heavy (non-hydrogen) atoms. The van der Waals surface area contributed by atoms with Gasteiger partial charge in [-0.25, -0.2) is 4.98 Å². The summed E-state index contributed by atoms with van der Waals surface area (Å²) < 4.78 is 9.53. The Morgan fingerprint density at radius 1 is 0.381 bits per heavy atom. The molecule has 0 radical (unpaired) electrons. The molecule has 0 amide bonds. The third-order valence-electron chi connectivity index (χ3n) is 17.0. The first-order valence-electron chi connectivity index (χ1n) is 29.5. The lowest BCUT2D eigenvalue weighted by atomic mass is 9.85. The molecule has 0 N–H and O–H groups in total. The van der Waals surface area contributed by atoms with E-state index in [9.17, 15) is 0 Å². The van der Waals surface area contributed by atoms with E-state index in [1.54, 1.807) is 0 Å². The molecular formula is C79H72N4O. The van der Waals surface area contributed by atoms with Crippen molar-refractivity contribution in [2.24, 2.45) is 0 Å². The average molecular weight is 1090 g/mol. The minimum Gasteiger partial charge on any atom is -0.457 e. The van der Waals surface area contributed by atoms with Gasteiger partial charge in [0.1, 0.15) is 24.0 Å². The first-order valence-corrected chi connectivity index (χ1v) is 29.5. The highest BCUT2D eigenvalue weighted by atomic mass is 16.5. The van der Waals surface area contributed by atoms with Crippen LogP contribution < -0.4 is 14.5 Å². The van der Waals surface area contributed by atoms with Crippen LogP contribution >= 0.6 is 0 Å². The zero-order valence-electron chi connectivity index (χ0n) is 50.0. The number of para-hydroxylation sites is 4. The average Bonchev–Trinajstić information content (AvgIpc) is 2.33. The second-order valence-corrected chi connectivity index (χ2v) is 25.8. The highest BCUT2D eigenvalue weighted by molar-refractivity contribution is 6.16. The van der Waals surface area contributed by atoms with Crippen molar-refractivity contribution in [1.82, 2.24) is 9.55 Å². The molecule has 0 aliphatic carbocycles. The maximum Gasteiger partial charge on any atom is 0.137 e. The number of nitrogens with zero attached hydrogens (tertiary/aromatic N) is 4. The van der Waals surface area contributed by atoms with Gasteiger partial charge in [0.05, 0.1) is 28.1 Å². The van der Waals surface area contributed by atoms with E-state index in [4.69, 9.17) is 9.72 Å². The Bertz CT molecular complexity index is 4420. The van der Waals surface area contributed by atoms with E-state index in [-0.39, 0.29) is 16.2 Å². The van der Waals surface area contributed by atoms with Crippen molar-refractivity contribution >= 4 is 44.6 Å². The van der Waals surface area contributed by atoms with E-state index in [0.29, 0.717) is 6.67 Å². The molecule has 5 heteroatoms. The van der Waals surface area contributed by atoms with Gasteiger partial charge in [-0.1, -0.05) is 238 Å². The Labute approximate surface area is 496 Å². The van der Waals surface area contributed by atoms with Gasteiger partial charge >= 0.3 is 0 Å². The summed E-state index contributed by atoms with van der Waals surface area (Å²) in [6, 6.07) is 86.5. The van der Waals surface area contributed by atoms with Gasteiger partial charge in [-0.3, -0.25) is 4.57 Å². The second kappa shape index (κ2) is 21.1. The standard InChI is InChI=1S/C79H72N4O/c1-52-45-74(80-50-69(52)56-37-43-61(44-38-56)79(8,9)10)83-70-30-15-14-27-67(70)75-68(55-35-41-60(42-36-55)78(5,6)7)48-64(49-73(75)83)84-63-26-19-25-62(47-63)81-51-82(72-32-17-16-31-71(72)81)76-65(54-33-39-59(40-34-54)77(2,3)4)28-20-29-66(76)58-24-18-23-57(46-58)53-21-12-11-13-22-53/h11-50H,51H2,1-10H3. The van der Waals surface area contributed by atoms with Crippen LogP contribution in [0.15, 0.2) is 243 Å². The van der Waals surface area contributed by atoms with Crippen LogP contribution in [0, 0.1) is 6.92 Å². The molecule has 414 valence electrons. The third-order valence-corrected chi connectivity index (χ3v) is 17.0. The first kappa shape index (κ1) is 53.8. The summed E-state index contributed by atoms with van der Waals surface area (Å²) in [6.07, 6.45) is 2.04. The van der Waals surface area contributed by atoms with Gasteiger partial charge < -0.3 is 14.5 Å². The molecule has 1 aliphatic rings. The molecule has 0 unspecified atom stereocenters. The fraction of sp³-hybridized carbons (Fsp3) is 0.177. The number of benzene rings is 10. The van der Waals surface area contributed by atoms with Crippen LogP contribution in [-0.4, -0.2) is 16.2 Å². The topological polar surface area (TPSA) is 33.5 Å². The van der Waals surface area contributed by atoms with E-state index >= 15 is 0 Å². The minimum atomic E-state index is 0.00951. The van der Waals surface area contributed by atoms with Crippen LogP contribution in [0.2, 0.25) is 0 Å². The van der Waals surface area contributed by atoms with Crippen LogP contribution in [-0.2, 0) is 16.2 Å². The van der Waals surface area contributed by atoms with Crippen molar-refractivity contribution in [1.29, 1.82) is 0 Å². The van der Waals surface area contributed by atoms with E-state index in [2.05, 4.69) is 320 Å². The van der Waals surface area contributed by atoms with E-state index < -0.39 is 0 Å². The summed E-state index contributed by atoms with van der Waals surface area (Å²) in [6.45, 7) is 23.2. The van der Waals surface area contributed by atoms with Gasteiger partial charge in [-0.05, 0) is 133 Å². The fourth-order valence-corrected chi connectivity index (χ4v) is 12.3. The van der Waals surface area contributed by atoms with Crippen LogP contribution in [0.5, 0.6) is 11.5 Å². The molecule has 5 nitrogen and oxygen atoms in total. The second-order valence-electron chi connectivity index (χ2n) is 25.8. The van der Waals surface area contributed by atoms with Crippen molar-refractivity contribution in [2.75, 3.05) is 16.5 Å². The Balaban J connectivity index is 0.914. The number of pyridine rings is 1. The summed E-state index contributed by atoms with van der Waals surface area (Å²) in [4.78, 5) is 10.2. The third kappa shape index (κ3) is 10.1. The van der Waals surface area contributed by atoms with Gasteiger partial charge in [0.2, 0.25) is 0 Å². The van der Waals surface area contributed by atoms with Gasteiger partial charge in [-0.15, -0.1) is 0 Å². The zero-order valence-corrected chi connectivity index (χ0v) is 50.0. The molecule has 1 aliphatic heterocycles. The largest absolute Gasteiger partial charge is 0.457 e. The molecule has 3 heterocycles. The summed E-state index contributed by atoms with van der Waals surface area (Å²) in [5.41, 5.74) is 23.3. The highest BCUT2D eigenvalue weighted by Gasteiger charge is 2.32. The lowest BCUT2D eigenvalue weighted by Gasteiger charge is -2.28. The lowest BCUT2D eigenvalue weighted by molar-refractivity contribution is 0.483. The number of aryl methyl sites for hydroxylation is 1. The predicted molar refractivity (Wildman–Crippen MR) is 355 cm³/mol. The van der Waals surface area contributed by atoms with Gasteiger partial charge in [0, 0.05) is 51.5 Å². The van der Waals surface area contributed by atoms with Gasteiger partial charge in [0.15, 0.2) is 0 Å². The summed E-state index contributed by atoms with van der Waals surface area (Å²) >= 11 is 0. The van der Waals surface area contributed by atoms with Crippen molar-refractivity contribution < 1.29 is 4.74 Å². The predicted octanol–water partition coefficient (Wildman–Crippen LogP) is 21.8. The van der Waals surface area contributed by atoms with Crippen LogP contribution in [0.25, 0.3) is 83.3 Å². The Morgan fingerprint density at radius 3 is 1.54 bits per heavy atom. The minimum absolute atomic E-state index is 0.00951. The van der Waals surface area contributed by atoms with Crippen molar-refractivity contribution in [2.45, 2.75) is 85.5 Å². The number of rotatable bonds is 10. The number of hydrogen-bond donors (Lipinski definition) is 0. The maximum atomic E-state index is 7.21. The summed E-state index contributed by atoms with van der Waals surface area (Å²) in [5, 5.41) is 2.31. The number of fused-ring (bicyclic) bond motifs is 4. The smallest absolute Gasteiger partial charge is 0.137 e. The molecule has 2 aromatic heterocycles. The molecule has 13 rings (SSSR count). The van der Waals surface area contributed by atoms with Crippen LogP contribution in [0.4, 0.5) is 22.7 Å². The molecule has 0 spiro atoms. The fourth-order valence-electron chi connectivity index (χ4n) is 12.3. The number of hydrogen-bond acceptors (Lipinski definition) is 4. The quantitative estimate of drug-likeness (QED) is 0.137. The zero-order chi connectivity index (χ0) is 58.1. The normalized spacial score (nSPS) is 12.8. The molecule has 0 bridgehead atoms.